The molecule has 0 saturated carbocycles. The summed E-state index contributed by atoms with van der Waals surface area (Å²) in [5, 5.41) is 13.0. The predicted molar refractivity (Wildman–Crippen MR) is 106 cm³/mol. The molecule has 1 aliphatic heterocycles. The van der Waals surface area contributed by atoms with E-state index >= 15 is 0 Å². The lowest BCUT2D eigenvalue weighted by Crippen LogP contribution is -2.54. The molecule has 2 atom stereocenters. The summed E-state index contributed by atoms with van der Waals surface area (Å²) in [6.45, 7) is 3.54. The van der Waals surface area contributed by atoms with E-state index in [1.165, 1.54) is 11.1 Å². The molecule has 27 heavy (non-hydrogen) atoms. The zero-order chi connectivity index (χ0) is 19.1. The number of rotatable bonds is 8. The standard InChI is InChI=1S/C21H25ClN2O3/c22-18-8-6-17(7-9-18)21(16-4-2-1-3-5-16)19-14-23-10-11-24(19)12-13-27-15-20(25)26/h1-9,19,21,23H,10-15H2,(H,25,26). The first-order chi connectivity index (χ1) is 13.1. The molecule has 0 spiro atoms. The van der Waals surface area contributed by atoms with Crippen LogP contribution in [0.25, 0.3) is 0 Å². The van der Waals surface area contributed by atoms with Crippen LogP contribution in [0, 0.1) is 0 Å². The number of aliphatic carboxylic acids is 1. The van der Waals surface area contributed by atoms with Gasteiger partial charge in [0.15, 0.2) is 0 Å². The molecule has 6 heteroatoms. The number of carboxylic acid groups (broad SMARTS) is 1. The molecule has 0 aromatic heterocycles. The summed E-state index contributed by atoms with van der Waals surface area (Å²) in [7, 11) is 0. The molecule has 2 aromatic rings. The number of carbonyl (C=O) groups is 1. The first-order valence-corrected chi connectivity index (χ1v) is 9.57. The third kappa shape index (κ3) is 5.53. The van der Waals surface area contributed by atoms with Crippen LogP contribution in [-0.4, -0.2) is 61.4 Å². The maximum absolute atomic E-state index is 10.7. The Morgan fingerprint density at radius 1 is 1.19 bits per heavy atom. The van der Waals surface area contributed by atoms with Gasteiger partial charge >= 0.3 is 5.97 Å². The van der Waals surface area contributed by atoms with E-state index in [2.05, 4.69) is 46.6 Å². The summed E-state index contributed by atoms with van der Waals surface area (Å²) in [6.07, 6.45) is 0. The number of benzene rings is 2. The summed E-state index contributed by atoms with van der Waals surface area (Å²) in [6, 6.07) is 18.8. The van der Waals surface area contributed by atoms with Gasteiger partial charge in [0.05, 0.1) is 6.61 Å². The second kappa shape index (κ2) is 9.85. The maximum Gasteiger partial charge on any atom is 0.329 e. The molecular weight excluding hydrogens is 364 g/mol. The second-order valence-electron chi connectivity index (χ2n) is 6.69. The smallest absolute Gasteiger partial charge is 0.329 e. The lowest BCUT2D eigenvalue weighted by molar-refractivity contribution is -0.142. The largest absolute Gasteiger partial charge is 0.480 e. The van der Waals surface area contributed by atoms with E-state index in [0.717, 1.165) is 24.7 Å². The van der Waals surface area contributed by atoms with E-state index in [1.54, 1.807) is 0 Å². The van der Waals surface area contributed by atoms with Crippen LogP contribution in [0.4, 0.5) is 0 Å². The molecule has 2 N–H and O–H groups in total. The van der Waals surface area contributed by atoms with Gasteiger partial charge in [-0.1, -0.05) is 54.1 Å². The van der Waals surface area contributed by atoms with Crippen molar-refractivity contribution in [2.75, 3.05) is 39.4 Å². The number of halogens is 1. The molecule has 2 unspecified atom stereocenters. The molecule has 1 saturated heterocycles. The van der Waals surface area contributed by atoms with Gasteiger partial charge in [0, 0.05) is 43.2 Å². The minimum atomic E-state index is -0.935. The maximum atomic E-state index is 10.7. The number of piperazine rings is 1. The molecule has 1 aliphatic rings. The van der Waals surface area contributed by atoms with Crippen molar-refractivity contribution < 1.29 is 14.6 Å². The van der Waals surface area contributed by atoms with Gasteiger partial charge in [0.25, 0.3) is 0 Å². The third-order valence-corrected chi connectivity index (χ3v) is 5.17. The molecule has 1 heterocycles. The molecule has 0 aliphatic carbocycles. The Balaban J connectivity index is 1.82. The molecule has 2 aromatic carbocycles. The van der Waals surface area contributed by atoms with E-state index in [0.29, 0.717) is 13.2 Å². The van der Waals surface area contributed by atoms with Crippen LogP contribution < -0.4 is 5.32 Å². The van der Waals surface area contributed by atoms with Crippen LogP contribution in [0.2, 0.25) is 5.02 Å². The van der Waals surface area contributed by atoms with Crippen LogP contribution in [0.3, 0.4) is 0 Å². The lowest BCUT2D eigenvalue weighted by Gasteiger charge is -2.41. The first kappa shape index (κ1) is 19.8. The molecule has 144 valence electrons. The van der Waals surface area contributed by atoms with Gasteiger partial charge in [-0.05, 0) is 23.3 Å². The fourth-order valence-electron chi connectivity index (χ4n) is 3.68. The molecule has 5 nitrogen and oxygen atoms in total. The van der Waals surface area contributed by atoms with Crippen molar-refractivity contribution in [1.29, 1.82) is 0 Å². The minimum absolute atomic E-state index is 0.191. The van der Waals surface area contributed by atoms with E-state index in [9.17, 15) is 4.79 Å². The molecule has 0 amide bonds. The molecule has 3 rings (SSSR count). The van der Waals surface area contributed by atoms with Gasteiger partial charge in [-0.2, -0.15) is 0 Å². The molecule has 1 fully saturated rings. The quantitative estimate of drug-likeness (QED) is 0.681. The fraction of sp³-hybridized carbons (Fsp3) is 0.381. The Labute approximate surface area is 164 Å². The summed E-state index contributed by atoms with van der Waals surface area (Å²) < 4.78 is 5.27. The van der Waals surface area contributed by atoms with Crippen molar-refractivity contribution in [3.05, 3.63) is 70.7 Å². The van der Waals surface area contributed by atoms with Gasteiger partial charge in [0.2, 0.25) is 0 Å². The van der Waals surface area contributed by atoms with Crippen molar-refractivity contribution in [3.63, 3.8) is 0 Å². The molecule has 0 radical (unpaired) electrons. The average molecular weight is 389 g/mol. The summed E-state index contributed by atoms with van der Waals surface area (Å²) >= 11 is 6.10. The predicted octanol–water partition coefficient (Wildman–Crippen LogP) is 2.85. The normalized spacial score (nSPS) is 18.9. The highest BCUT2D eigenvalue weighted by molar-refractivity contribution is 6.30. The van der Waals surface area contributed by atoms with Crippen molar-refractivity contribution >= 4 is 17.6 Å². The van der Waals surface area contributed by atoms with Gasteiger partial charge in [-0.3, -0.25) is 4.90 Å². The number of nitrogens with one attached hydrogen (secondary N) is 1. The number of ether oxygens (including phenoxy) is 1. The van der Waals surface area contributed by atoms with Crippen LogP contribution in [0.1, 0.15) is 17.0 Å². The van der Waals surface area contributed by atoms with E-state index < -0.39 is 5.97 Å². The fourth-order valence-corrected chi connectivity index (χ4v) is 3.81. The number of carboxylic acids is 1. The Bertz CT molecular complexity index is 724. The Morgan fingerprint density at radius 2 is 1.89 bits per heavy atom. The van der Waals surface area contributed by atoms with Crippen LogP contribution in [0.15, 0.2) is 54.6 Å². The van der Waals surface area contributed by atoms with E-state index in [4.69, 9.17) is 21.4 Å². The number of nitrogens with zero attached hydrogens (tertiary/aromatic N) is 1. The van der Waals surface area contributed by atoms with Crippen LogP contribution in [0.5, 0.6) is 0 Å². The second-order valence-corrected chi connectivity index (χ2v) is 7.13. The highest BCUT2D eigenvalue weighted by Gasteiger charge is 2.31. The van der Waals surface area contributed by atoms with Crippen molar-refractivity contribution in [2.24, 2.45) is 0 Å². The third-order valence-electron chi connectivity index (χ3n) is 4.92. The highest BCUT2D eigenvalue weighted by atomic mass is 35.5. The summed E-state index contributed by atoms with van der Waals surface area (Å²) in [5.41, 5.74) is 2.47. The Kier molecular flexibility index (Phi) is 7.24. The minimum Gasteiger partial charge on any atom is -0.480 e. The van der Waals surface area contributed by atoms with Crippen LogP contribution >= 0.6 is 11.6 Å². The number of hydrogen-bond donors (Lipinski definition) is 2. The first-order valence-electron chi connectivity index (χ1n) is 9.20. The van der Waals surface area contributed by atoms with Gasteiger partial charge in [-0.15, -0.1) is 0 Å². The highest BCUT2D eigenvalue weighted by Crippen LogP contribution is 2.32. The van der Waals surface area contributed by atoms with E-state index in [-0.39, 0.29) is 18.6 Å². The van der Waals surface area contributed by atoms with Crippen molar-refractivity contribution in [3.8, 4) is 0 Å². The Morgan fingerprint density at radius 3 is 2.59 bits per heavy atom. The topological polar surface area (TPSA) is 61.8 Å². The summed E-state index contributed by atoms with van der Waals surface area (Å²) in [5.74, 6) is -0.745. The van der Waals surface area contributed by atoms with Crippen molar-refractivity contribution in [1.82, 2.24) is 10.2 Å². The monoisotopic (exact) mass is 388 g/mol. The zero-order valence-corrected chi connectivity index (χ0v) is 15.9. The number of hydrogen-bond acceptors (Lipinski definition) is 4. The average Bonchev–Trinajstić information content (AvgIpc) is 2.69. The van der Waals surface area contributed by atoms with Crippen LogP contribution in [-0.2, 0) is 9.53 Å². The Hall–Kier alpha value is -1.92. The van der Waals surface area contributed by atoms with Crippen molar-refractivity contribution in [2.45, 2.75) is 12.0 Å². The lowest BCUT2D eigenvalue weighted by atomic mass is 9.83. The SMILES string of the molecule is O=C(O)COCCN1CCNCC1C(c1ccccc1)c1ccc(Cl)cc1. The van der Waals surface area contributed by atoms with Gasteiger partial charge in [-0.25, -0.2) is 4.79 Å². The van der Waals surface area contributed by atoms with Gasteiger partial charge in [0.1, 0.15) is 6.61 Å². The van der Waals surface area contributed by atoms with Gasteiger partial charge < -0.3 is 15.2 Å². The molecular formula is C21H25ClN2O3. The van der Waals surface area contributed by atoms with E-state index in [1.807, 2.05) is 18.2 Å². The molecule has 0 bridgehead atoms. The zero-order valence-electron chi connectivity index (χ0n) is 15.2. The summed E-state index contributed by atoms with van der Waals surface area (Å²) in [4.78, 5) is 13.1.